The maximum Gasteiger partial charge on any atom is 0.311 e. The highest BCUT2D eigenvalue weighted by atomic mass is 16.5. The summed E-state index contributed by atoms with van der Waals surface area (Å²) in [6.45, 7) is 16.3. The van der Waals surface area contributed by atoms with Gasteiger partial charge in [-0.2, -0.15) is 0 Å². The maximum atomic E-state index is 12.8. The molecule has 1 N–H and O–H groups in total. The third-order valence-electron chi connectivity index (χ3n) is 7.99. The second-order valence-corrected chi connectivity index (χ2v) is 11.1. The Hall–Kier alpha value is -1.55. The molecular formula is C26H41NO3. The largest absolute Gasteiger partial charge is 0.469 e. The number of esters is 1. The third-order valence-corrected chi connectivity index (χ3v) is 7.99. The van der Waals surface area contributed by atoms with E-state index in [2.05, 4.69) is 52.6 Å². The second kappa shape index (κ2) is 8.53. The van der Waals surface area contributed by atoms with Gasteiger partial charge in [0.25, 0.3) is 0 Å². The van der Waals surface area contributed by atoms with E-state index in [4.69, 9.17) is 9.15 Å². The van der Waals surface area contributed by atoms with Gasteiger partial charge in [0.2, 0.25) is 0 Å². The van der Waals surface area contributed by atoms with Crippen molar-refractivity contribution < 1.29 is 13.9 Å². The van der Waals surface area contributed by atoms with E-state index in [1.807, 2.05) is 6.26 Å². The number of rotatable bonds is 6. The van der Waals surface area contributed by atoms with Gasteiger partial charge in [0.15, 0.2) is 0 Å². The van der Waals surface area contributed by atoms with Crippen molar-refractivity contribution in [2.24, 2.45) is 22.7 Å². The van der Waals surface area contributed by atoms with Crippen molar-refractivity contribution in [1.29, 1.82) is 0 Å². The molecule has 0 spiro atoms. The molecule has 3 rings (SSSR count). The van der Waals surface area contributed by atoms with Crippen LogP contribution >= 0.6 is 0 Å². The van der Waals surface area contributed by atoms with Crippen LogP contribution in [-0.4, -0.2) is 18.6 Å². The first-order valence-electron chi connectivity index (χ1n) is 11.6. The minimum absolute atomic E-state index is 0.0323. The van der Waals surface area contributed by atoms with Crippen LogP contribution in [0.4, 0.5) is 0 Å². The molecule has 30 heavy (non-hydrogen) atoms. The van der Waals surface area contributed by atoms with E-state index in [-0.39, 0.29) is 22.3 Å². The van der Waals surface area contributed by atoms with Gasteiger partial charge in [-0.1, -0.05) is 25.5 Å². The first-order chi connectivity index (χ1) is 14.0. The van der Waals surface area contributed by atoms with Gasteiger partial charge >= 0.3 is 5.97 Å². The number of hydrogen-bond donors (Lipinski definition) is 1. The van der Waals surface area contributed by atoms with Crippen LogP contribution in [0.25, 0.3) is 0 Å². The number of methoxy groups -OCH3 is 1. The van der Waals surface area contributed by atoms with E-state index >= 15 is 0 Å². The predicted octanol–water partition coefficient (Wildman–Crippen LogP) is 6.05. The summed E-state index contributed by atoms with van der Waals surface area (Å²) >= 11 is 0. The Bertz CT molecular complexity index is 773. The third kappa shape index (κ3) is 4.39. The smallest absolute Gasteiger partial charge is 0.311 e. The number of carbonyl (C=O) groups excluding carboxylic acids is 1. The maximum absolute atomic E-state index is 12.8. The molecule has 1 heterocycles. The standard InChI is InChI=1S/C26H41NO3/c1-18-9-12-22-25(5,14-8-15-26(22,6)23(28)29-7)20(18)11-10-19-13-16-30-21(19)17-27-24(2,3)4/h13,16,20,22,27H,1,8-12,14-15,17H2,2-7H3/t20-,22-,25+,26+/m0/s1. The molecule has 1 aromatic rings. The van der Waals surface area contributed by atoms with Gasteiger partial charge in [-0.15, -0.1) is 0 Å². The number of hydrogen-bond acceptors (Lipinski definition) is 4. The fourth-order valence-corrected chi connectivity index (χ4v) is 6.35. The molecule has 2 aliphatic carbocycles. The van der Waals surface area contributed by atoms with Crippen molar-refractivity contribution >= 4 is 5.97 Å². The van der Waals surface area contributed by atoms with Crippen LogP contribution in [0, 0.1) is 22.7 Å². The highest BCUT2D eigenvalue weighted by Gasteiger charge is 2.57. The summed E-state index contributed by atoms with van der Waals surface area (Å²) in [5.41, 5.74) is 2.43. The number of fused-ring (bicyclic) bond motifs is 1. The van der Waals surface area contributed by atoms with Crippen LogP contribution in [0.3, 0.4) is 0 Å². The van der Waals surface area contributed by atoms with Crippen LogP contribution in [0.15, 0.2) is 28.9 Å². The van der Waals surface area contributed by atoms with Gasteiger partial charge in [-0.25, -0.2) is 0 Å². The predicted molar refractivity (Wildman–Crippen MR) is 121 cm³/mol. The van der Waals surface area contributed by atoms with Crippen molar-refractivity contribution in [3.05, 3.63) is 35.8 Å². The first kappa shape index (κ1) is 23.1. The van der Waals surface area contributed by atoms with Crippen molar-refractivity contribution in [2.75, 3.05) is 7.11 Å². The van der Waals surface area contributed by atoms with Crippen LogP contribution in [0.5, 0.6) is 0 Å². The zero-order valence-corrected chi connectivity index (χ0v) is 19.9. The minimum Gasteiger partial charge on any atom is -0.469 e. The zero-order valence-electron chi connectivity index (χ0n) is 19.9. The van der Waals surface area contributed by atoms with Gasteiger partial charge < -0.3 is 14.5 Å². The fraction of sp³-hybridized carbons (Fsp3) is 0.731. The molecule has 2 aliphatic rings. The molecule has 0 saturated heterocycles. The number of allylic oxidation sites excluding steroid dienone is 1. The average molecular weight is 416 g/mol. The highest BCUT2D eigenvalue weighted by Crippen LogP contribution is 2.62. The lowest BCUT2D eigenvalue weighted by molar-refractivity contribution is -0.168. The lowest BCUT2D eigenvalue weighted by Crippen LogP contribution is -2.53. The van der Waals surface area contributed by atoms with E-state index in [0.29, 0.717) is 11.8 Å². The van der Waals surface area contributed by atoms with Crippen LogP contribution in [-0.2, 0) is 22.5 Å². The summed E-state index contributed by atoms with van der Waals surface area (Å²) in [7, 11) is 1.53. The molecule has 2 fully saturated rings. The summed E-state index contributed by atoms with van der Waals surface area (Å²) < 4.78 is 11.0. The summed E-state index contributed by atoms with van der Waals surface area (Å²) in [5.74, 6) is 1.79. The Balaban J connectivity index is 1.77. The summed E-state index contributed by atoms with van der Waals surface area (Å²) in [6.07, 6.45) is 9.09. The lowest BCUT2D eigenvalue weighted by Gasteiger charge is -2.57. The van der Waals surface area contributed by atoms with E-state index in [1.54, 1.807) is 0 Å². The van der Waals surface area contributed by atoms with E-state index < -0.39 is 0 Å². The number of carbonyl (C=O) groups is 1. The second-order valence-electron chi connectivity index (χ2n) is 11.1. The number of furan rings is 1. The van der Waals surface area contributed by atoms with Gasteiger partial charge in [0.1, 0.15) is 5.76 Å². The molecule has 0 aromatic carbocycles. The molecular weight excluding hydrogens is 374 g/mol. The molecule has 0 bridgehead atoms. The Labute approximate surface area is 182 Å². The summed E-state index contributed by atoms with van der Waals surface area (Å²) in [6, 6.07) is 2.12. The molecule has 168 valence electrons. The van der Waals surface area contributed by atoms with Crippen molar-refractivity contribution in [2.45, 2.75) is 91.6 Å². The Morgan fingerprint density at radius 1 is 1.33 bits per heavy atom. The summed E-state index contributed by atoms with van der Waals surface area (Å²) in [5, 5.41) is 3.53. The molecule has 2 saturated carbocycles. The van der Waals surface area contributed by atoms with Crippen LogP contribution in [0.1, 0.15) is 84.5 Å². The lowest BCUT2D eigenvalue weighted by atomic mass is 9.46. The quantitative estimate of drug-likeness (QED) is 0.454. The monoisotopic (exact) mass is 415 g/mol. The average Bonchev–Trinajstić information content (AvgIpc) is 3.11. The van der Waals surface area contributed by atoms with Crippen LogP contribution in [0.2, 0.25) is 0 Å². The number of nitrogens with one attached hydrogen (secondary N) is 1. The van der Waals surface area contributed by atoms with Crippen molar-refractivity contribution in [1.82, 2.24) is 5.32 Å². The SMILES string of the molecule is C=C1CC[C@H]2[C@](C)(CCC[C@@]2(C)C(=O)OC)[C@H]1CCc1ccoc1CNC(C)(C)C. The molecule has 4 heteroatoms. The molecule has 4 atom stereocenters. The normalized spacial score (nSPS) is 32.0. The number of ether oxygens (including phenoxy) is 1. The van der Waals surface area contributed by atoms with Gasteiger partial charge in [-0.05, 0) is 95.1 Å². The fourth-order valence-electron chi connectivity index (χ4n) is 6.35. The Kier molecular flexibility index (Phi) is 6.57. The van der Waals surface area contributed by atoms with E-state index in [1.165, 1.54) is 18.2 Å². The Morgan fingerprint density at radius 2 is 2.07 bits per heavy atom. The van der Waals surface area contributed by atoms with Crippen molar-refractivity contribution in [3.63, 3.8) is 0 Å². The molecule has 0 amide bonds. The van der Waals surface area contributed by atoms with Gasteiger partial charge in [0, 0.05) is 5.54 Å². The molecule has 0 unspecified atom stereocenters. The van der Waals surface area contributed by atoms with Gasteiger partial charge in [-0.3, -0.25) is 4.79 Å². The molecule has 0 radical (unpaired) electrons. The number of aryl methyl sites for hydroxylation is 1. The Morgan fingerprint density at radius 3 is 2.73 bits per heavy atom. The molecule has 1 aromatic heterocycles. The van der Waals surface area contributed by atoms with Gasteiger partial charge in [0.05, 0.1) is 25.3 Å². The van der Waals surface area contributed by atoms with E-state index in [0.717, 1.165) is 57.3 Å². The summed E-state index contributed by atoms with van der Waals surface area (Å²) in [4.78, 5) is 12.8. The molecule has 0 aliphatic heterocycles. The van der Waals surface area contributed by atoms with Crippen LogP contribution < -0.4 is 5.32 Å². The zero-order chi connectivity index (χ0) is 22.2. The topological polar surface area (TPSA) is 51.5 Å². The minimum atomic E-state index is -0.377. The highest BCUT2D eigenvalue weighted by molar-refractivity contribution is 5.77. The van der Waals surface area contributed by atoms with E-state index in [9.17, 15) is 4.79 Å². The van der Waals surface area contributed by atoms with Crippen molar-refractivity contribution in [3.8, 4) is 0 Å². The molecule has 4 nitrogen and oxygen atoms in total. The first-order valence-corrected chi connectivity index (χ1v) is 11.6.